The Morgan fingerprint density at radius 1 is 1.29 bits per heavy atom. The second-order valence-electron chi connectivity index (χ2n) is 2.76. The molecule has 0 unspecified atom stereocenters. The molecular weight excluding hydrogens is 216 g/mol. The Labute approximate surface area is 83.3 Å². The molecular formula is C9H8F4S. The zero-order chi connectivity index (χ0) is 10.8. The minimum absolute atomic E-state index is 0.0483. The van der Waals surface area contributed by atoms with Crippen LogP contribution in [0.1, 0.15) is 5.56 Å². The first-order valence-corrected chi connectivity index (χ1v) is 5.04. The quantitative estimate of drug-likeness (QED) is 0.545. The fraction of sp³-hybridized carbons (Fsp3) is 0.333. The summed E-state index contributed by atoms with van der Waals surface area (Å²) in [5.41, 5.74) is -0.0483. The number of hydrogen-bond acceptors (Lipinski definition) is 1. The lowest BCUT2D eigenvalue weighted by molar-refractivity contribution is -0.127. The molecule has 0 heterocycles. The molecule has 0 aromatic heterocycles. The highest BCUT2D eigenvalue weighted by Crippen LogP contribution is 2.25. The van der Waals surface area contributed by atoms with Crippen LogP contribution in [0.25, 0.3) is 0 Å². The van der Waals surface area contributed by atoms with Crippen molar-refractivity contribution in [3.8, 4) is 0 Å². The Hall–Kier alpha value is -0.710. The summed E-state index contributed by atoms with van der Waals surface area (Å²) < 4.78 is 48.8. The van der Waals surface area contributed by atoms with Crippen molar-refractivity contribution < 1.29 is 17.6 Å². The van der Waals surface area contributed by atoms with Crippen LogP contribution < -0.4 is 0 Å². The SMILES string of the molecule is CSc1ccc(CC(F)(F)F)cc1F. The standard InChI is InChI=1S/C9H8F4S/c1-14-8-3-2-6(4-7(8)10)5-9(11,12)13/h2-4H,5H2,1H3. The van der Waals surface area contributed by atoms with Crippen LogP contribution in [0.15, 0.2) is 23.1 Å². The van der Waals surface area contributed by atoms with E-state index < -0.39 is 18.4 Å². The number of halogens is 4. The normalized spacial score (nSPS) is 11.8. The first kappa shape index (κ1) is 11.4. The minimum atomic E-state index is -4.28. The van der Waals surface area contributed by atoms with Crippen molar-refractivity contribution in [2.45, 2.75) is 17.5 Å². The maximum absolute atomic E-state index is 13.0. The fourth-order valence-electron chi connectivity index (χ4n) is 1.05. The van der Waals surface area contributed by atoms with Gasteiger partial charge in [-0.15, -0.1) is 11.8 Å². The lowest BCUT2D eigenvalue weighted by atomic mass is 10.1. The molecule has 0 N–H and O–H groups in total. The summed E-state index contributed by atoms with van der Waals surface area (Å²) in [6, 6.07) is 3.59. The summed E-state index contributed by atoms with van der Waals surface area (Å²) in [6.07, 6.45) is -3.70. The molecule has 1 aromatic carbocycles. The number of alkyl halides is 3. The highest BCUT2D eigenvalue weighted by molar-refractivity contribution is 7.98. The maximum atomic E-state index is 13.0. The molecule has 0 aliphatic rings. The van der Waals surface area contributed by atoms with Crippen molar-refractivity contribution in [1.29, 1.82) is 0 Å². The van der Waals surface area contributed by atoms with Gasteiger partial charge < -0.3 is 0 Å². The Morgan fingerprint density at radius 3 is 2.36 bits per heavy atom. The van der Waals surface area contributed by atoms with Crippen molar-refractivity contribution >= 4 is 11.8 Å². The zero-order valence-corrected chi connectivity index (χ0v) is 8.18. The van der Waals surface area contributed by atoms with Crippen LogP contribution in [0.3, 0.4) is 0 Å². The Kier molecular flexibility index (Phi) is 3.42. The van der Waals surface area contributed by atoms with Crippen LogP contribution in [0.4, 0.5) is 17.6 Å². The predicted octanol–water partition coefficient (Wildman–Crippen LogP) is 3.65. The molecule has 1 rings (SSSR count). The first-order chi connectivity index (χ1) is 6.42. The molecule has 0 fully saturated rings. The smallest absolute Gasteiger partial charge is 0.206 e. The van der Waals surface area contributed by atoms with E-state index in [1.807, 2.05) is 0 Å². The van der Waals surface area contributed by atoms with Crippen molar-refractivity contribution in [3.05, 3.63) is 29.6 Å². The van der Waals surface area contributed by atoms with Crippen LogP contribution in [-0.2, 0) is 6.42 Å². The Balaban J connectivity index is 2.87. The third kappa shape index (κ3) is 3.21. The molecule has 0 amide bonds. The summed E-state index contributed by atoms with van der Waals surface area (Å²) in [4.78, 5) is 0.357. The lowest BCUT2D eigenvalue weighted by Crippen LogP contribution is -2.11. The molecule has 0 radical (unpaired) electrons. The third-order valence-electron chi connectivity index (χ3n) is 1.62. The van der Waals surface area contributed by atoms with E-state index in [-0.39, 0.29) is 5.56 Å². The van der Waals surface area contributed by atoms with Gasteiger partial charge in [-0.25, -0.2) is 4.39 Å². The van der Waals surface area contributed by atoms with E-state index in [9.17, 15) is 17.6 Å². The second kappa shape index (κ2) is 4.21. The molecule has 0 nitrogen and oxygen atoms in total. The molecule has 0 spiro atoms. The average Bonchev–Trinajstić information content (AvgIpc) is 2.01. The van der Waals surface area contributed by atoms with Gasteiger partial charge >= 0.3 is 6.18 Å². The van der Waals surface area contributed by atoms with Crippen LogP contribution in [0, 0.1) is 5.82 Å². The van der Waals surface area contributed by atoms with E-state index in [4.69, 9.17) is 0 Å². The van der Waals surface area contributed by atoms with Gasteiger partial charge in [-0.05, 0) is 24.0 Å². The van der Waals surface area contributed by atoms with E-state index in [0.717, 1.165) is 6.07 Å². The molecule has 0 aliphatic carbocycles. The summed E-state index contributed by atoms with van der Waals surface area (Å²) in [5.74, 6) is -0.598. The van der Waals surface area contributed by atoms with Crippen molar-refractivity contribution in [2.75, 3.05) is 6.26 Å². The van der Waals surface area contributed by atoms with Gasteiger partial charge in [0.05, 0.1) is 6.42 Å². The summed E-state index contributed by atoms with van der Waals surface area (Å²) in [7, 11) is 0. The van der Waals surface area contributed by atoms with E-state index in [1.54, 1.807) is 6.26 Å². The molecule has 78 valence electrons. The van der Waals surface area contributed by atoms with Gasteiger partial charge in [0.1, 0.15) is 5.82 Å². The molecule has 0 atom stereocenters. The lowest BCUT2D eigenvalue weighted by Gasteiger charge is -2.07. The van der Waals surface area contributed by atoms with Gasteiger partial charge in [-0.3, -0.25) is 0 Å². The van der Waals surface area contributed by atoms with Gasteiger partial charge in [0.2, 0.25) is 0 Å². The van der Waals surface area contributed by atoms with Crippen molar-refractivity contribution in [1.82, 2.24) is 0 Å². The number of benzene rings is 1. The molecule has 0 saturated heterocycles. The van der Waals surface area contributed by atoms with Gasteiger partial charge in [0, 0.05) is 4.90 Å². The Bertz CT molecular complexity index is 319. The topological polar surface area (TPSA) is 0 Å². The van der Waals surface area contributed by atoms with E-state index in [1.165, 1.54) is 23.9 Å². The van der Waals surface area contributed by atoms with E-state index >= 15 is 0 Å². The summed E-state index contributed by atoms with van der Waals surface area (Å²) >= 11 is 1.17. The van der Waals surface area contributed by atoms with Crippen molar-refractivity contribution in [3.63, 3.8) is 0 Å². The minimum Gasteiger partial charge on any atom is -0.206 e. The maximum Gasteiger partial charge on any atom is 0.393 e. The van der Waals surface area contributed by atoms with E-state index in [0.29, 0.717) is 4.90 Å². The third-order valence-corrected chi connectivity index (χ3v) is 2.39. The highest BCUT2D eigenvalue weighted by atomic mass is 32.2. The monoisotopic (exact) mass is 224 g/mol. The number of thioether (sulfide) groups is 1. The van der Waals surface area contributed by atoms with E-state index in [2.05, 4.69) is 0 Å². The molecule has 0 bridgehead atoms. The second-order valence-corrected chi connectivity index (χ2v) is 3.61. The first-order valence-electron chi connectivity index (χ1n) is 3.81. The van der Waals surface area contributed by atoms with Crippen LogP contribution >= 0.6 is 11.8 Å². The highest BCUT2D eigenvalue weighted by Gasteiger charge is 2.27. The fourth-order valence-corrected chi connectivity index (χ4v) is 1.51. The van der Waals surface area contributed by atoms with Gasteiger partial charge in [0.25, 0.3) is 0 Å². The molecule has 0 aliphatic heterocycles. The van der Waals surface area contributed by atoms with Crippen LogP contribution in [-0.4, -0.2) is 12.4 Å². The zero-order valence-electron chi connectivity index (χ0n) is 7.36. The van der Waals surface area contributed by atoms with Gasteiger partial charge in [0.15, 0.2) is 0 Å². The molecule has 1 aromatic rings. The number of hydrogen-bond donors (Lipinski definition) is 0. The predicted molar refractivity (Wildman–Crippen MR) is 47.9 cm³/mol. The Morgan fingerprint density at radius 2 is 1.93 bits per heavy atom. The summed E-state index contributed by atoms with van der Waals surface area (Å²) in [5, 5.41) is 0. The summed E-state index contributed by atoms with van der Waals surface area (Å²) in [6.45, 7) is 0. The van der Waals surface area contributed by atoms with Crippen LogP contribution in [0.2, 0.25) is 0 Å². The molecule has 14 heavy (non-hydrogen) atoms. The van der Waals surface area contributed by atoms with Crippen LogP contribution in [0.5, 0.6) is 0 Å². The molecule has 0 saturated carbocycles. The molecule has 5 heteroatoms. The largest absolute Gasteiger partial charge is 0.393 e. The van der Waals surface area contributed by atoms with Gasteiger partial charge in [-0.2, -0.15) is 13.2 Å². The average molecular weight is 224 g/mol. The van der Waals surface area contributed by atoms with Gasteiger partial charge in [-0.1, -0.05) is 6.07 Å². The number of rotatable bonds is 2. The van der Waals surface area contributed by atoms with Crippen molar-refractivity contribution in [2.24, 2.45) is 0 Å².